The summed E-state index contributed by atoms with van der Waals surface area (Å²) < 4.78 is 0. The zero-order chi connectivity index (χ0) is 8.97. The van der Waals surface area contributed by atoms with Crippen LogP contribution in [-0.4, -0.2) is 16.9 Å². The normalized spacial score (nSPS) is 24.3. The summed E-state index contributed by atoms with van der Waals surface area (Å²) in [7, 11) is 0. The van der Waals surface area contributed by atoms with E-state index in [2.05, 4.69) is 5.32 Å². The Labute approximate surface area is 77.7 Å². The third-order valence-electron chi connectivity index (χ3n) is 2.02. The summed E-state index contributed by atoms with van der Waals surface area (Å²) in [5.41, 5.74) is 5.40. The average Bonchev–Trinajstić information content (AvgIpc) is 2.12. The number of carbonyl (C=O) groups excluding carboxylic acids is 1. The number of hydrogen-bond acceptors (Lipinski definition) is 2. The monoisotopic (exact) mass is 186 g/mol. The predicted molar refractivity (Wildman–Crippen MR) is 51.8 cm³/mol. The van der Waals surface area contributed by atoms with Crippen molar-refractivity contribution in [2.45, 2.75) is 38.1 Å². The molecule has 1 unspecified atom stereocenters. The first-order valence-electron chi connectivity index (χ1n) is 4.26. The Morgan fingerprint density at radius 3 is 3.08 bits per heavy atom. The van der Waals surface area contributed by atoms with Crippen molar-refractivity contribution in [3.8, 4) is 0 Å². The zero-order valence-corrected chi connectivity index (χ0v) is 7.82. The highest BCUT2D eigenvalue weighted by Crippen LogP contribution is 2.11. The van der Waals surface area contributed by atoms with Crippen LogP contribution >= 0.6 is 12.2 Å². The second-order valence-electron chi connectivity index (χ2n) is 3.18. The van der Waals surface area contributed by atoms with Crippen molar-refractivity contribution in [3.63, 3.8) is 0 Å². The van der Waals surface area contributed by atoms with Gasteiger partial charge in [-0.05, 0) is 12.8 Å². The molecule has 1 atom stereocenters. The van der Waals surface area contributed by atoms with Crippen LogP contribution in [0.3, 0.4) is 0 Å². The summed E-state index contributed by atoms with van der Waals surface area (Å²) in [6.45, 7) is 0. The zero-order valence-electron chi connectivity index (χ0n) is 7.01. The van der Waals surface area contributed by atoms with Gasteiger partial charge in [0.05, 0.1) is 4.99 Å². The lowest BCUT2D eigenvalue weighted by Gasteiger charge is -2.13. The fourth-order valence-corrected chi connectivity index (χ4v) is 1.65. The summed E-state index contributed by atoms with van der Waals surface area (Å²) >= 11 is 4.79. The van der Waals surface area contributed by atoms with Crippen LogP contribution in [0.4, 0.5) is 0 Å². The Hall–Kier alpha value is -0.640. The molecule has 1 rings (SSSR count). The largest absolute Gasteiger partial charge is 0.393 e. The minimum atomic E-state index is 0.133. The number of nitrogens with two attached hydrogens (primary N) is 1. The molecule has 0 aliphatic carbocycles. The van der Waals surface area contributed by atoms with E-state index in [-0.39, 0.29) is 11.9 Å². The molecule has 1 fully saturated rings. The number of nitrogens with one attached hydrogen (secondary N) is 1. The number of thiocarbonyl (C=S) groups is 1. The Kier molecular flexibility index (Phi) is 3.47. The SMILES string of the molecule is NC(=S)CC1CCCCC(=O)N1. The first-order valence-corrected chi connectivity index (χ1v) is 4.67. The predicted octanol–water partition coefficient (Wildman–Crippen LogP) is 0.721. The van der Waals surface area contributed by atoms with Gasteiger partial charge in [0.15, 0.2) is 0 Å². The third-order valence-corrected chi connectivity index (χ3v) is 2.19. The van der Waals surface area contributed by atoms with Crippen molar-refractivity contribution in [2.75, 3.05) is 0 Å². The molecule has 1 heterocycles. The van der Waals surface area contributed by atoms with Crippen LogP contribution in [-0.2, 0) is 4.79 Å². The van der Waals surface area contributed by atoms with E-state index < -0.39 is 0 Å². The van der Waals surface area contributed by atoms with Crippen LogP contribution in [0.2, 0.25) is 0 Å². The van der Waals surface area contributed by atoms with Crippen LogP contribution < -0.4 is 11.1 Å². The van der Waals surface area contributed by atoms with E-state index >= 15 is 0 Å². The maximum atomic E-state index is 11.1. The molecule has 0 aromatic rings. The number of hydrogen-bond donors (Lipinski definition) is 2. The quantitative estimate of drug-likeness (QED) is 0.625. The summed E-state index contributed by atoms with van der Waals surface area (Å²) in [6, 6.07) is 0.178. The van der Waals surface area contributed by atoms with Crippen molar-refractivity contribution in [1.82, 2.24) is 5.32 Å². The van der Waals surface area contributed by atoms with Gasteiger partial charge in [-0.25, -0.2) is 0 Å². The number of amides is 1. The Morgan fingerprint density at radius 2 is 2.42 bits per heavy atom. The van der Waals surface area contributed by atoms with Gasteiger partial charge in [0.2, 0.25) is 5.91 Å². The molecule has 0 radical (unpaired) electrons. The maximum absolute atomic E-state index is 11.1. The minimum Gasteiger partial charge on any atom is -0.393 e. The van der Waals surface area contributed by atoms with Gasteiger partial charge >= 0.3 is 0 Å². The number of rotatable bonds is 2. The Balaban J connectivity index is 2.41. The van der Waals surface area contributed by atoms with E-state index in [1.54, 1.807) is 0 Å². The molecule has 0 aromatic heterocycles. The lowest BCUT2D eigenvalue weighted by Crippen LogP contribution is -2.35. The average molecular weight is 186 g/mol. The molecule has 1 amide bonds. The van der Waals surface area contributed by atoms with Gasteiger partial charge in [0.25, 0.3) is 0 Å². The molecule has 0 bridgehead atoms. The summed E-state index contributed by atoms with van der Waals surface area (Å²) in [6.07, 6.45) is 4.36. The molecule has 0 aromatic carbocycles. The highest BCUT2D eigenvalue weighted by Gasteiger charge is 2.16. The van der Waals surface area contributed by atoms with Crippen molar-refractivity contribution >= 4 is 23.1 Å². The topological polar surface area (TPSA) is 55.1 Å². The standard InChI is InChI=1S/C8H14N2OS/c9-7(12)5-6-3-1-2-4-8(11)10-6/h6H,1-5H2,(H2,9,12)(H,10,11). The molecule has 3 N–H and O–H groups in total. The molecule has 68 valence electrons. The molecule has 4 heteroatoms. The molecule has 1 aliphatic rings. The smallest absolute Gasteiger partial charge is 0.220 e. The Bertz CT molecular complexity index is 193. The van der Waals surface area contributed by atoms with Gasteiger partial charge < -0.3 is 11.1 Å². The van der Waals surface area contributed by atoms with Gasteiger partial charge in [-0.15, -0.1) is 0 Å². The fraction of sp³-hybridized carbons (Fsp3) is 0.750. The minimum absolute atomic E-state index is 0.133. The molecular weight excluding hydrogens is 172 g/mol. The van der Waals surface area contributed by atoms with Crippen LogP contribution in [0.1, 0.15) is 32.1 Å². The van der Waals surface area contributed by atoms with Gasteiger partial charge in [-0.1, -0.05) is 18.6 Å². The summed E-state index contributed by atoms with van der Waals surface area (Å²) in [5.74, 6) is 0.133. The molecule has 1 saturated heterocycles. The first-order chi connectivity index (χ1) is 5.68. The molecule has 1 aliphatic heterocycles. The van der Waals surface area contributed by atoms with E-state index in [4.69, 9.17) is 18.0 Å². The van der Waals surface area contributed by atoms with E-state index in [9.17, 15) is 4.79 Å². The van der Waals surface area contributed by atoms with Crippen molar-refractivity contribution in [1.29, 1.82) is 0 Å². The lowest BCUT2D eigenvalue weighted by atomic mass is 10.1. The molecule has 12 heavy (non-hydrogen) atoms. The number of carbonyl (C=O) groups is 1. The van der Waals surface area contributed by atoms with Gasteiger partial charge in [0.1, 0.15) is 0 Å². The van der Waals surface area contributed by atoms with Crippen LogP contribution in [0.15, 0.2) is 0 Å². The second-order valence-corrected chi connectivity index (χ2v) is 3.71. The second kappa shape index (κ2) is 4.40. The van der Waals surface area contributed by atoms with Crippen molar-refractivity contribution < 1.29 is 4.79 Å². The summed E-state index contributed by atoms with van der Waals surface area (Å²) in [4.78, 5) is 11.6. The third kappa shape index (κ3) is 3.17. The lowest BCUT2D eigenvalue weighted by molar-refractivity contribution is -0.121. The van der Waals surface area contributed by atoms with Crippen molar-refractivity contribution in [3.05, 3.63) is 0 Å². The van der Waals surface area contributed by atoms with E-state index in [1.807, 2.05) is 0 Å². The van der Waals surface area contributed by atoms with Crippen molar-refractivity contribution in [2.24, 2.45) is 5.73 Å². The van der Waals surface area contributed by atoms with E-state index in [0.29, 0.717) is 17.8 Å². The van der Waals surface area contributed by atoms with E-state index in [0.717, 1.165) is 19.3 Å². The maximum Gasteiger partial charge on any atom is 0.220 e. The first kappa shape index (κ1) is 9.45. The van der Waals surface area contributed by atoms with Crippen LogP contribution in [0.25, 0.3) is 0 Å². The van der Waals surface area contributed by atoms with Gasteiger partial charge in [-0.3, -0.25) is 4.79 Å². The van der Waals surface area contributed by atoms with Crippen LogP contribution in [0, 0.1) is 0 Å². The molecular formula is C8H14N2OS. The Morgan fingerprint density at radius 1 is 1.67 bits per heavy atom. The molecule has 0 saturated carbocycles. The molecule has 3 nitrogen and oxygen atoms in total. The van der Waals surface area contributed by atoms with E-state index in [1.165, 1.54) is 0 Å². The molecule has 0 spiro atoms. The van der Waals surface area contributed by atoms with Gasteiger partial charge in [-0.2, -0.15) is 0 Å². The van der Waals surface area contributed by atoms with Crippen LogP contribution in [0.5, 0.6) is 0 Å². The van der Waals surface area contributed by atoms with Gasteiger partial charge in [0, 0.05) is 18.9 Å². The highest BCUT2D eigenvalue weighted by atomic mass is 32.1. The summed E-state index contributed by atoms with van der Waals surface area (Å²) in [5, 5.41) is 2.90. The fourth-order valence-electron chi connectivity index (χ4n) is 1.44. The highest BCUT2D eigenvalue weighted by molar-refractivity contribution is 7.80.